The Morgan fingerprint density at radius 2 is 1.73 bits per heavy atom. The summed E-state index contributed by atoms with van der Waals surface area (Å²) in [7, 11) is 4.04. The maximum atomic E-state index is 13.1. The minimum Gasteiger partial charge on any atom is -0.443 e. The molecule has 1 atom stereocenters. The lowest BCUT2D eigenvalue weighted by atomic mass is 9.99. The molecule has 1 heterocycles. The Hall–Kier alpha value is -2.57. The number of rotatable bonds is 7. The van der Waals surface area contributed by atoms with Gasteiger partial charge in [0.05, 0.1) is 6.04 Å². The van der Waals surface area contributed by atoms with Crippen LogP contribution in [0.1, 0.15) is 32.8 Å². The second-order valence-electron chi connectivity index (χ2n) is 9.59. The molecular weight excluding hydrogens is 432 g/mol. The van der Waals surface area contributed by atoms with E-state index in [0.29, 0.717) is 18.4 Å². The Bertz CT molecular complexity index is 979. The van der Waals surface area contributed by atoms with Crippen LogP contribution < -0.4 is 0 Å². The number of carbonyl (C=O) groups excluding carboxylic acids is 2. The topological polar surface area (TPSA) is 49.9 Å². The maximum absolute atomic E-state index is 13.1. The number of ether oxygens (including phenoxy) is 1. The Kier molecular flexibility index (Phi) is 8.38. The molecule has 176 valence electrons. The molecule has 0 saturated carbocycles. The smallest absolute Gasteiger partial charge is 0.417 e. The third-order valence-electron chi connectivity index (χ3n) is 5.23. The normalized spacial score (nSPS) is 17.8. The molecule has 0 N–H and O–H groups in total. The summed E-state index contributed by atoms with van der Waals surface area (Å²) in [6.45, 7) is 5.45. The molecule has 1 saturated heterocycles. The van der Waals surface area contributed by atoms with Crippen molar-refractivity contribution in [2.24, 2.45) is 0 Å². The number of imide groups is 1. The van der Waals surface area contributed by atoms with Gasteiger partial charge in [-0.15, -0.1) is 11.8 Å². The quantitative estimate of drug-likeness (QED) is 0.302. The van der Waals surface area contributed by atoms with E-state index in [9.17, 15) is 9.59 Å². The van der Waals surface area contributed by atoms with Crippen LogP contribution in [-0.2, 0) is 16.0 Å². The highest BCUT2D eigenvalue weighted by Crippen LogP contribution is 2.30. The van der Waals surface area contributed by atoms with Crippen LogP contribution in [0.15, 0.2) is 66.2 Å². The summed E-state index contributed by atoms with van der Waals surface area (Å²) in [5, 5.41) is 0. The van der Waals surface area contributed by atoms with Crippen LogP contribution in [0.4, 0.5) is 4.79 Å². The van der Waals surface area contributed by atoms with E-state index < -0.39 is 11.7 Å². The number of thioether (sulfide) groups is 1. The van der Waals surface area contributed by atoms with Gasteiger partial charge in [-0.1, -0.05) is 60.7 Å². The third-order valence-corrected chi connectivity index (χ3v) is 6.34. The molecule has 2 aromatic carbocycles. The van der Waals surface area contributed by atoms with Gasteiger partial charge in [0.2, 0.25) is 0 Å². The van der Waals surface area contributed by atoms with Crippen LogP contribution in [-0.4, -0.2) is 59.2 Å². The summed E-state index contributed by atoms with van der Waals surface area (Å²) >= 11 is 1.74. The van der Waals surface area contributed by atoms with Gasteiger partial charge in [0.1, 0.15) is 5.60 Å². The fourth-order valence-electron chi connectivity index (χ4n) is 3.76. The molecule has 1 aliphatic rings. The van der Waals surface area contributed by atoms with E-state index in [-0.39, 0.29) is 11.9 Å². The van der Waals surface area contributed by atoms with Crippen LogP contribution in [0, 0.1) is 0 Å². The van der Waals surface area contributed by atoms with Crippen LogP contribution >= 0.6 is 11.8 Å². The number of amides is 2. The summed E-state index contributed by atoms with van der Waals surface area (Å²) < 4.78 is 5.57. The van der Waals surface area contributed by atoms with Gasteiger partial charge < -0.3 is 9.64 Å². The molecule has 0 unspecified atom stereocenters. The molecule has 1 fully saturated rings. The molecule has 6 heteroatoms. The third kappa shape index (κ3) is 7.21. The van der Waals surface area contributed by atoms with Gasteiger partial charge >= 0.3 is 6.09 Å². The second-order valence-corrected chi connectivity index (χ2v) is 10.6. The fraction of sp³-hybridized carbons (Fsp3) is 0.407. The van der Waals surface area contributed by atoms with Crippen molar-refractivity contribution in [2.75, 3.05) is 25.7 Å². The van der Waals surface area contributed by atoms with Crippen molar-refractivity contribution in [2.45, 2.75) is 45.3 Å². The number of hydrogen-bond donors (Lipinski definition) is 0. The molecule has 0 aliphatic carbocycles. The van der Waals surface area contributed by atoms with Crippen molar-refractivity contribution in [1.29, 1.82) is 0 Å². The first kappa shape index (κ1) is 25.1. The molecule has 2 aromatic rings. The van der Waals surface area contributed by atoms with Crippen LogP contribution in [0.25, 0.3) is 11.1 Å². The van der Waals surface area contributed by atoms with Gasteiger partial charge in [0.15, 0.2) is 0 Å². The van der Waals surface area contributed by atoms with Crippen molar-refractivity contribution >= 4 is 23.8 Å². The first-order valence-electron chi connectivity index (χ1n) is 11.3. The van der Waals surface area contributed by atoms with Gasteiger partial charge in [-0.2, -0.15) is 0 Å². The van der Waals surface area contributed by atoms with Crippen molar-refractivity contribution < 1.29 is 14.3 Å². The molecule has 5 nitrogen and oxygen atoms in total. The molecule has 0 spiro atoms. The van der Waals surface area contributed by atoms with Crippen molar-refractivity contribution in [3.05, 3.63) is 71.8 Å². The zero-order valence-corrected chi connectivity index (χ0v) is 21.0. The lowest BCUT2D eigenvalue weighted by molar-refractivity contribution is -0.125. The lowest BCUT2D eigenvalue weighted by Crippen LogP contribution is -2.43. The standard InChI is InChI=1S/C27H34N2O3S/c1-27(2,3)32-26(31)29-24(18-23(25(29)30)15-16-33-19-28(4)5)17-20-11-13-22(14-12-20)21-9-7-6-8-10-21/h6-15,24H,16-19H2,1-5H3/b23-15+/t24-/m1/s1. The molecule has 3 rings (SSSR count). The Balaban J connectivity index is 1.77. The van der Waals surface area contributed by atoms with E-state index in [1.807, 2.05) is 59.1 Å². The van der Waals surface area contributed by atoms with E-state index in [0.717, 1.165) is 28.3 Å². The average molecular weight is 467 g/mol. The lowest BCUT2D eigenvalue weighted by Gasteiger charge is -2.27. The summed E-state index contributed by atoms with van der Waals surface area (Å²) in [5.41, 5.74) is 3.43. The average Bonchev–Trinajstić information content (AvgIpc) is 3.06. The van der Waals surface area contributed by atoms with Crippen LogP contribution in [0.2, 0.25) is 0 Å². The van der Waals surface area contributed by atoms with Gasteiger partial charge in [0.25, 0.3) is 5.91 Å². The van der Waals surface area contributed by atoms with Crippen molar-refractivity contribution in [3.8, 4) is 11.1 Å². The predicted octanol–water partition coefficient (Wildman–Crippen LogP) is 5.61. The Labute approximate surface area is 201 Å². The van der Waals surface area contributed by atoms with Crippen molar-refractivity contribution in [1.82, 2.24) is 9.80 Å². The summed E-state index contributed by atoms with van der Waals surface area (Å²) in [4.78, 5) is 29.5. The summed E-state index contributed by atoms with van der Waals surface area (Å²) in [6.07, 6.45) is 2.54. The molecule has 1 aliphatic heterocycles. The summed E-state index contributed by atoms with van der Waals surface area (Å²) in [6, 6.07) is 18.3. The van der Waals surface area contributed by atoms with Crippen LogP contribution in [0.5, 0.6) is 0 Å². The second kappa shape index (κ2) is 11.0. The molecule has 33 heavy (non-hydrogen) atoms. The van der Waals surface area contributed by atoms with Gasteiger partial charge in [-0.05, 0) is 64.4 Å². The monoisotopic (exact) mass is 466 g/mol. The van der Waals surface area contributed by atoms with Crippen molar-refractivity contribution in [3.63, 3.8) is 0 Å². The first-order chi connectivity index (χ1) is 15.6. The fourth-order valence-corrected chi connectivity index (χ4v) is 4.55. The van der Waals surface area contributed by atoms with Crippen LogP contribution in [0.3, 0.4) is 0 Å². The first-order valence-corrected chi connectivity index (χ1v) is 12.4. The number of likely N-dealkylation sites (tertiary alicyclic amines) is 1. The molecular formula is C27H34N2O3S. The van der Waals surface area contributed by atoms with E-state index in [1.54, 1.807) is 11.8 Å². The Morgan fingerprint density at radius 3 is 2.33 bits per heavy atom. The number of carbonyl (C=O) groups is 2. The van der Waals surface area contributed by atoms with Gasteiger partial charge in [-0.3, -0.25) is 4.79 Å². The highest BCUT2D eigenvalue weighted by Gasteiger charge is 2.41. The largest absolute Gasteiger partial charge is 0.443 e. The van der Waals surface area contributed by atoms with E-state index in [2.05, 4.69) is 41.3 Å². The number of nitrogens with zero attached hydrogens (tertiary/aromatic N) is 2. The highest BCUT2D eigenvalue weighted by molar-refractivity contribution is 7.99. The predicted molar refractivity (Wildman–Crippen MR) is 136 cm³/mol. The number of benzene rings is 2. The summed E-state index contributed by atoms with van der Waals surface area (Å²) in [5.74, 6) is 1.38. The van der Waals surface area contributed by atoms with E-state index >= 15 is 0 Å². The van der Waals surface area contributed by atoms with E-state index in [1.165, 1.54) is 4.90 Å². The Morgan fingerprint density at radius 1 is 1.09 bits per heavy atom. The maximum Gasteiger partial charge on any atom is 0.417 e. The highest BCUT2D eigenvalue weighted by atomic mass is 32.2. The molecule has 0 bridgehead atoms. The molecule has 0 aromatic heterocycles. The minimum absolute atomic E-state index is 0.236. The minimum atomic E-state index is -0.659. The molecule has 0 radical (unpaired) electrons. The van der Waals surface area contributed by atoms with Gasteiger partial charge in [-0.25, -0.2) is 9.69 Å². The molecule has 2 amide bonds. The SMILES string of the molecule is CN(C)CSC/C=C1\C[C@@H](Cc2ccc(-c3ccccc3)cc2)N(C(=O)OC(C)(C)C)C1=O. The number of hydrogen-bond acceptors (Lipinski definition) is 5. The van der Waals surface area contributed by atoms with Gasteiger partial charge in [0, 0.05) is 17.2 Å². The zero-order chi connectivity index (χ0) is 24.0. The van der Waals surface area contributed by atoms with E-state index in [4.69, 9.17) is 4.74 Å². The zero-order valence-electron chi connectivity index (χ0n) is 20.2.